The zero-order chi connectivity index (χ0) is 11.7. The number of rotatable bonds is 2. The zero-order valence-electron chi connectivity index (χ0n) is 10.8. The van der Waals surface area contributed by atoms with Crippen molar-refractivity contribution in [1.82, 2.24) is 4.90 Å². The van der Waals surface area contributed by atoms with Crippen LogP contribution in [0.5, 0.6) is 0 Å². The van der Waals surface area contributed by atoms with Crippen LogP contribution >= 0.6 is 0 Å². The van der Waals surface area contributed by atoms with E-state index in [1.807, 2.05) is 0 Å². The van der Waals surface area contributed by atoms with Crippen molar-refractivity contribution in [2.45, 2.75) is 33.6 Å². The molecule has 16 heavy (non-hydrogen) atoms. The smallest absolute Gasteiger partial charge is 0.448 e. The molecule has 1 aliphatic rings. The third kappa shape index (κ3) is 6.40. The second-order valence-corrected chi connectivity index (χ2v) is 5.65. The van der Waals surface area contributed by atoms with Crippen molar-refractivity contribution in [3.8, 4) is 0 Å². The van der Waals surface area contributed by atoms with Gasteiger partial charge in [0, 0.05) is 0 Å². The summed E-state index contributed by atoms with van der Waals surface area (Å²) in [5, 5.41) is 0. The van der Waals surface area contributed by atoms with E-state index in [0.717, 1.165) is 12.8 Å². The molecule has 1 aliphatic heterocycles. The molecule has 1 heterocycles. The molecule has 0 radical (unpaired) electrons. The number of hydrogen-bond acceptors (Lipinski definition) is 1. The first-order chi connectivity index (χ1) is 6.68. The van der Waals surface area contributed by atoms with Crippen LogP contribution in [0.25, 0.3) is 0 Å². The second kappa shape index (κ2) is 6.57. The van der Waals surface area contributed by atoms with E-state index in [4.69, 9.17) is 0 Å². The van der Waals surface area contributed by atoms with Crippen LogP contribution in [-0.2, 0) is 0 Å². The van der Waals surface area contributed by atoms with Crippen LogP contribution in [0.15, 0.2) is 0 Å². The fourth-order valence-electron chi connectivity index (χ4n) is 2.27. The normalized spacial score (nSPS) is 20.6. The van der Waals surface area contributed by atoms with Gasteiger partial charge in [-0.3, -0.25) is 0 Å². The molecule has 1 fully saturated rings. The molecule has 0 bridgehead atoms. The maximum atomic E-state index is 12.2. The van der Waals surface area contributed by atoms with E-state index in [1.165, 1.54) is 0 Å². The molecule has 1 nitrogen and oxygen atoms in total. The Balaban J connectivity index is 0.00000225. The van der Waals surface area contributed by atoms with Gasteiger partial charge < -0.3 is 17.8 Å². The van der Waals surface area contributed by atoms with Gasteiger partial charge in [-0.15, -0.1) is 0 Å². The summed E-state index contributed by atoms with van der Waals surface area (Å²) in [7, 11) is 0. The van der Waals surface area contributed by atoms with Crippen molar-refractivity contribution in [3.05, 3.63) is 0 Å². The van der Waals surface area contributed by atoms with Crippen molar-refractivity contribution < 1.29 is 64.3 Å². The maximum absolute atomic E-state index is 12.2. The monoisotopic (exact) mass is 261 g/mol. The Morgan fingerprint density at radius 3 is 1.88 bits per heavy atom. The van der Waals surface area contributed by atoms with Gasteiger partial charge in [-0.05, 0) is 43.7 Å². The standard InChI is InChI=1S/C10H20BF3N.K/c1-10(2,3)9-4-6-15(7-5-9)8-11(12,13)14;/h9H,4-8H2,1-3H3;/q-1;+1. The molecule has 0 N–H and O–H groups in total. The van der Waals surface area contributed by atoms with Gasteiger partial charge in [-0.1, -0.05) is 20.8 Å². The summed E-state index contributed by atoms with van der Waals surface area (Å²) in [5.41, 5.74) is 0.232. The van der Waals surface area contributed by atoms with Gasteiger partial charge in [0.1, 0.15) is 0 Å². The predicted octanol–water partition coefficient (Wildman–Crippen LogP) is 0.135. The minimum atomic E-state index is -4.65. The Labute approximate surface area is 139 Å². The Morgan fingerprint density at radius 2 is 1.56 bits per heavy atom. The fourth-order valence-corrected chi connectivity index (χ4v) is 2.27. The maximum Gasteiger partial charge on any atom is 1.00 e. The molecule has 6 heteroatoms. The van der Waals surface area contributed by atoms with Gasteiger partial charge >= 0.3 is 58.4 Å². The Bertz CT molecular complexity index is 207. The Hall–Kier alpha value is 1.45. The van der Waals surface area contributed by atoms with Gasteiger partial charge in [-0.25, -0.2) is 0 Å². The summed E-state index contributed by atoms with van der Waals surface area (Å²) in [6, 6.07) is 0. The molecule has 0 aromatic carbocycles. The molecule has 0 aliphatic carbocycles. The largest absolute Gasteiger partial charge is 1.00 e. The van der Waals surface area contributed by atoms with Crippen molar-refractivity contribution in [3.63, 3.8) is 0 Å². The summed E-state index contributed by atoms with van der Waals surface area (Å²) < 4.78 is 36.6. The SMILES string of the molecule is CC(C)(C)C1CCN(C[B-](F)(F)F)CC1.[K+]. The third-order valence-electron chi connectivity index (χ3n) is 3.28. The minimum Gasteiger partial charge on any atom is -0.448 e. The zero-order valence-corrected chi connectivity index (χ0v) is 13.9. The van der Waals surface area contributed by atoms with E-state index in [0.29, 0.717) is 19.0 Å². The molecule has 0 amide bonds. The summed E-state index contributed by atoms with van der Waals surface area (Å²) >= 11 is 0. The van der Waals surface area contributed by atoms with Crippen molar-refractivity contribution in [1.29, 1.82) is 0 Å². The van der Waals surface area contributed by atoms with Gasteiger partial charge in [0.2, 0.25) is 0 Å². The molecular weight excluding hydrogens is 241 g/mol. The average Bonchev–Trinajstić information content (AvgIpc) is 2.00. The number of nitrogens with zero attached hydrogens (tertiary/aromatic N) is 1. The molecular formula is C10H20BF3KN. The fraction of sp³-hybridized carbons (Fsp3) is 1.00. The molecule has 0 spiro atoms. The molecule has 0 aromatic rings. The summed E-state index contributed by atoms with van der Waals surface area (Å²) in [5.74, 6) is 0.564. The molecule has 0 unspecified atom stereocenters. The summed E-state index contributed by atoms with van der Waals surface area (Å²) in [4.78, 5) is 1.54. The molecule has 0 saturated carbocycles. The molecule has 1 saturated heterocycles. The Morgan fingerprint density at radius 1 is 1.12 bits per heavy atom. The second-order valence-electron chi connectivity index (χ2n) is 5.65. The van der Waals surface area contributed by atoms with Gasteiger partial charge in [0.05, 0.1) is 0 Å². The van der Waals surface area contributed by atoms with Crippen LogP contribution in [0.1, 0.15) is 33.6 Å². The van der Waals surface area contributed by atoms with Crippen molar-refractivity contribution in [2.24, 2.45) is 11.3 Å². The number of piperidine rings is 1. The van der Waals surface area contributed by atoms with Gasteiger partial charge in [0.25, 0.3) is 0 Å². The first-order valence-electron chi connectivity index (χ1n) is 5.62. The minimum absolute atomic E-state index is 0. The van der Waals surface area contributed by atoms with E-state index < -0.39 is 13.4 Å². The predicted molar refractivity (Wildman–Crippen MR) is 57.7 cm³/mol. The van der Waals surface area contributed by atoms with E-state index in [2.05, 4.69) is 20.8 Å². The van der Waals surface area contributed by atoms with E-state index in [-0.39, 0.29) is 56.8 Å². The quantitative estimate of drug-likeness (QED) is 0.639. The van der Waals surface area contributed by atoms with Crippen LogP contribution in [0.2, 0.25) is 0 Å². The van der Waals surface area contributed by atoms with E-state index in [1.54, 1.807) is 4.90 Å². The first-order valence-corrected chi connectivity index (χ1v) is 5.62. The first kappa shape index (κ1) is 17.5. The molecule has 90 valence electrons. The van der Waals surface area contributed by atoms with Crippen LogP contribution in [0.4, 0.5) is 12.9 Å². The van der Waals surface area contributed by atoms with Crippen molar-refractivity contribution >= 4 is 6.98 Å². The third-order valence-corrected chi connectivity index (χ3v) is 3.28. The summed E-state index contributed by atoms with van der Waals surface area (Å²) in [6.45, 7) is 3.05. The topological polar surface area (TPSA) is 3.24 Å². The van der Waals surface area contributed by atoms with Gasteiger partial charge in [-0.2, -0.15) is 0 Å². The van der Waals surface area contributed by atoms with Crippen LogP contribution in [-0.4, -0.2) is 31.4 Å². The molecule has 0 aromatic heterocycles. The molecule has 1 rings (SSSR count). The van der Waals surface area contributed by atoms with Crippen LogP contribution in [0.3, 0.4) is 0 Å². The van der Waals surface area contributed by atoms with E-state index >= 15 is 0 Å². The summed E-state index contributed by atoms with van der Waals surface area (Å²) in [6.07, 6.45) is 1.11. The average molecular weight is 261 g/mol. The van der Waals surface area contributed by atoms with Crippen LogP contribution in [0, 0.1) is 11.3 Å². The number of halogens is 3. The van der Waals surface area contributed by atoms with Crippen molar-refractivity contribution in [2.75, 3.05) is 19.5 Å². The van der Waals surface area contributed by atoms with E-state index in [9.17, 15) is 12.9 Å². The molecule has 0 atom stereocenters. The Kier molecular flexibility index (Phi) is 7.17. The number of likely N-dealkylation sites (tertiary alicyclic amines) is 1. The van der Waals surface area contributed by atoms with Gasteiger partial charge in [0.15, 0.2) is 0 Å². The van der Waals surface area contributed by atoms with Crippen LogP contribution < -0.4 is 51.4 Å². The number of hydrogen-bond donors (Lipinski definition) is 0.